The van der Waals surface area contributed by atoms with Crippen molar-refractivity contribution in [1.29, 1.82) is 0 Å². The van der Waals surface area contributed by atoms with Gasteiger partial charge in [0.2, 0.25) is 0 Å². The maximum Gasteiger partial charge on any atom is 0.339 e. The maximum absolute atomic E-state index is 12.7. The Kier molecular flexibility index (Phi) is 4.46. The third-order valence-electron chi connectivity index (χ3n) is 3.34. The second-order valence-electron chi connectivity index (χ2n) is 4.94. The van der Waals surface area contributed by atoms with Crippen molar-refractivity contribution in [2.75, 3.05) is 0 Å². The summed E-state index contributed by atoms with van der Waals surface area (Å²) in [6.45, 7) is 0. The third-order valence-corrected chi connectivity index (χ3v) is 5.11. The molecule has 0 aliphatic rings. The van der Waals surface area contributed by atoms with E-state index >= 15 is 0 Å². The van der Waals surface area contributed by atoms with E-state index in [4.69, 9.17) is 4.18 Å². The molecule has 0 radical (unpaired) electrons. The predicted molar refractivity (Wildman–Crippen MR) is 95.5 cm³/mol. The fourth-order valence-electron chi connectivity index (χ4n) is 2.32. The van der Waals surface area contributed by atoms with Gasteiger partial charge in [-0.25, -0.2) is 0 Å². The molecule has 116 valence electrons. The SMILES string of the molecule is O=S(=O)(Oc1ccccc1)c1cccc(P)c1-c1ccccc1. The van der Waals surface area contributed by atoms with E-state index in [-0.39, 0.29) is 4.90 Å². The minimum Gasteiger partial charge on any atom is -0.379 e. The molecule has 1 unspecified atom stereocenters. The lowest BCUT2D eigenvalue weighted by Crippen LogP contribution is -2.14. The van der Waals surface area contributed by atoms with Gasteiger partial charge in [0.25, 0.3) is 0 Å². The van der Waals surface area contributed by atoms with Gasteiger partial charge in [-0.1, -0.05) is 60.7 Å². The van der Waals surface area contributed by atoms with Crippen LogP contribution in [0.15, 0.2) is 83.8 Å². The number of benzene rings is 3. The van der Waals surface area contributed by atoms with Gasteiger partial charge in [-0.2, -0.15) is 8.42 Å². The smallest absolute Gasteiger partial charge is 0.339 e. The van der Waals surface area contributed by atoms with Crippen molar-refractivity contribution in [1.82, 2.24) is 0 Å². The Labute approximate surface area is 138 Å². The van der Waals surface area contributed by atoms with E-state index in [1.165, 1.54) is 0 Å². The van der Waals surface area contributed by atoms with Crippen molar-refractivity contribution in [3.8, 4) is 16.9 Å². The van der Waals surface area contributed by atoms with Crippen LogP contribution < -0.4 is 9.49 Å². The summed E-state index contributed by atoms with van der Waals surface area (Å²) in [5, 5.41) is 0.800. The molecule has 0 spiro atoms. The minimum atomic E-state index is -3.93. The molecule has 0 aliphatic carbocycles. The van der Waals surface area contributed by atoms with Crippen LogP contribution in [0, 0.1) is 0 Å². The number of para-hydroxylation sites is 1. The third kappa shape index (κ3) is 3.44. The summed E-state index contributed by atoms with van der Waals surface area (Å²) in [7, 11) is -1.35. The molecule has 0 heterocycles. The zero-order valence-corrected chi connectivity index (χ0v) is 14.2. The largest absolute Gasteiger partial charge is 0.379 e. The van der Waals surface area contributed by atoms with E-state index in [1.807, 2.05) is 36.4 Å². The first-order chi connectivity index (χ1) is 11.1. The van der Waals surface area contributed by atoms with Crippen LogP contribution in [-0.2, 0) is 10.1 Å². The summed E-state index contributed by atoms with van der Waals surface area (Å²) < 4.78 is 30.7. The van der Waals surface area contributed by atoms with Gasteiger partial charge in [0.15, 0.2) is 0 Å². The van der Waals surface area contributed by atoms with Crippen molar-refractivity contribution in [2.24, 2.45) is 0 Å². The van der Waals surface area contributed by atoms with E-state index in [0.717, 1.165) is 10.9 Å². The summed E-state index contributed by atoms with van der Waals surface area (Å²) in [4.78, 5) is 0.153. The van der Waals surface area contributed by atoms with Gasteiger partial charge < -0.3 is 4.18 Å². The summed E-state index contributed by atoms with van der Waals surface area (Å²) in [5.41, 5.74) is 1.46. The number of hydrogen-bond donors (Lipinski definition) is 0. The lowest BCUT2D eigenvalue weighted by Gasteiger charge is -2.13. The van der Waals surface area contributed by atoms with Crippen LogP contribution in [0.4, 0.5) is 0 Å². The first-order valence-corrected chi connectivity index (χ1v) is 9.00. The highest BCUT2D eigenvalue weighted by molar-refractivity contribution is 7.87. The normalized spacial score (nSPS) is 11.2. The summed E-state index contributed by atoms with van der Waals surface area (Å²) in [5.74, 6) is 0.292. The van der Waals surface area contributed by atoms with E-state index in [9.17, 15) is 8.42 Å². The van der Waals surface area contributed by atoms with Crippen LogP contribution in [0.5, 0.6) is 5.75 Å². The molecule has 0 N–H and O–H groups in total. The van der Waals surface area contributed by atoms with Crippen LogP contribution in [0.1, 0.15) is 0 Å². The first kappa shape index (κ1) is 15.7. The van der Waals surface area contributed by atoms with Crippen molar-refractivity contribution >= 4 is 24.7 Å². The summed E-state index contributed by atoms with van der Waals surface area (Å²) >= 11 is 0. The maximum atomic E-state index is 12.7. The van der Waals surface area contributed by atoms with Crippen molar-refractivity contribution in [3.63, 3.8) is 0 Å². The Bertz CT molecular complexity index is 908. The lowest BCUT2D eigenvalue weighted by atomic mass is 10.1. The monoisotopic (exact) mass is 342 g/mol. The molecule has 1 atom stereocenters. The average Bonchev–Trinajstić information content (AvgIpc) is 2.56. The molecule has 0 saturated carbocycles. The molecule has 0 bridgehead atoms. The number of rotatable bonds is 4. The first-order valence-electron chi connectivity index (χ1n) is 7.01. The lowest BCUT2D eigenvalue weighted by molar-refractivity contribution is 0.486. The summed E-state index contributed by atoms with van der Waals surface area (Å²) in [6, 6.07) is 23.0. The van der Waals surface area contributed by atoms with Gasteiger partial charge in [0.05, 0.1) is 0 Å². The standard InChI is InChI=1S/C18H15O3PS/c19-23(20,21-15-10-5-2-6-11-15)17-13-7-12-16(22)18(17)14-8-3-1-4-9-14/h1-13H,22H2. The highest BCUT2D eigenvalue weighted by atomic mass is 32.2. The van der Waals surface area contributed by atoms with Crippen molar-refractivity contribution in [2.45, 2.75) is 4.90 Å². The zero-order valence-electron chi connectivity index (χ0n) is 12.2. The molecule has 3 aromatic rings. The van der Waals surface area contributed by atoms with Gasteiger partial charge in [0, 0.05) is 5.56 Å². The van der Waals surface area contributed by atoms with Crippen LogP contribution >= 0.6 is 9.24 Å². The molecule has 0 aromatic heterocycles. The van der Waals surface area contributed by atoms with Gasteiger partial charge in [-0.3, -0.25) is 0 Å². The topological polar surface area (TPSA) is 43.4 Å². The van der Waals surface area contributed by atoms with Gasteiger partial charge in [-0.15, -0.1) is 9.24 Å². The molecule has 0 amide bonds. The second kappa shape index (κ2) is 6.53. The molecule has 3 nitrogen and oxygen atoms in total. The quantitative estimate of drug-likeness (QED) is 0.537. The Hall–Kier alpha value is -2.16. The highest BCUT2D eigenvalue weighted by Gasteiger charge is 2.22. The minimum absolute atomic E-state index is 0.153. The molecule has 0 aliphatic heterocycles. The molecule has 5 heteroatoms. The highest BCUT2D eigenvalue weighted by Crippen LogP contribution is 2.29. The van der Waals surface area contributed by atoms with Gasteiger partial charge in [0.1, 0.15) is 10.6 Å². The molecule has 23 heavy (non-hydrogen) atoms. The molecule has 3 rings (SSSR count). The average molecular weight is 342 g/mol. The molecular weight excluding hydrogens is 327 g/mol. The van der Waals surface area contributed by atoms with Crippen LogP contribution in [0.3, 0.4) is 0 Å². The summed E-state index contributed by atoms with van der Waals surface area (Å²) in [6.07, 6.45) is 0. The van der Waals surface area contributed by atoms with Crippen molar-refractivity contribution < 1.29 is 12.6 Å². The molecular formula is C18H15O3PS. The van der Waals surface area contributed by atoms with Crippen LogP contribution in [0.2, 0.25) is 0 Å². The van der Waals surface area contributed by atoms with E-state index in [2.05, 4.69) is 9.24 Å². The Morgan fingerprint density at radius 3 is 2.00 bits per heavy atom. The zero-order chi connectivity index (χ0) is 16.3. The van der Waals surface area contributed by atoms with Gasteiger partial charge >= 0.3 is 10.1 Å². The van der Waals surface area contributed by atoms with E-state index in [0.29, 0.717) is 11.3 Å². The molecule has 0 fully saturated rings. The Balaban J connectivity index is 2.12. The van der Waals surface area contributed by atoms with Crippen LogP contribution in [0.25, 0.3) is 11.1 Å². The Morgan fingerprint density at radius 2 is 1.35 bits per heavy atom. The van der Waals surface area contributed by atoms with E-state index in [1.54, 1.807) is 42.5 Å². The second-order valence-corrected chi connectivity index (χ2v) is 7.07. The molecule has 3 aromatic carbocycles. The number of hydrogen-bond acceptors (Lipinski definition) is 3. The predicted octanol–water partition coefficient (Wildman–Crippen LogP) is 3.62. The van der Waals surface area contributed by atoms with Gasteiger partial charge in [-0.05, 0) is 29.1 Å². The Morgan fingerprint density at radius 1 is 0.739 bits per heavy atom. The fourth-order valence-corrected chi connectivity index (χ4v) is 4.04. The molecule has 0 saturated heterocycles. The van der Waals surface area contributed by atoms with Crippen molar-refractivity contribution in [3.05, 3.63) is 78.9 Å². The fraction of sp³-hybridized carbons (Fsp3) is 0. The van der Waals surface area contributed by atoms with E-state index < -0.39 is 10.1 Å². The van der Waals surface area contributed by atoms with Crippen LogP contribution in [-0.4, -0.2) is 8.42 Å².